The van der Waals surface area contributed by atoms with Crippen LogP contribution in [0.3, 0.4) is 0 Å². The van der Waals surface area contributed by atoms with E-state index in [-0.39, 0.29) is 62.7 Å². The van der Waals surface area contributed by atoms with E-state index < -0.39 is 34.6 Å². The number of halogens is 2. The number of nitrogens with zero attached hydrogens (tertiary/aromatic N) is 10. The molecule has 7 rings (SSSR count). The number of hydrogen-bond donors (Lipinski definition) is 3. The van der Waals surface area contributed by atoms with Crippen molar-refractivity contribution in [3.8, 4) is 23.1 Å². The molecule has 3 N–H and O–H groups in total. The van der Waals surface area contributed by atoms with Gasteiger partial charge in [-0.25, -0.2) is 9.48 Å². The van der Waals surface area contributed by atoms with Gasteiger partial charge in [0.1, 0.15) is 0 Å². The van der Waals surface area contributed by atoms with Gasteiger partial charge < -0.3 is 10.2 Å². The molecular formula is C39H37Cl2CuN11O7. The van der Waals surface area contributed by atoms with Crippen molar-refractivity contribution in [3.05, 3.63) is 130 Å². The maximum Gasteiger partial charge on any atom is 0.333 e. The van der Waals surface area contributed by atoms with Gasteiger partial charge in [-0.3, -0.25) is 38.3 Å². The molecule has 3 aromatic carbocycles. The first-order chi connectivity index (χ1) is 28.1. The van der Waals surface area contributed by atoms with Crippen LogP contribution in [0.4, 0.5) is 22.7 Å². The van der Waals surface area contributed by atoms with Gasteiger partial charge in [-0.2, -0.15) is 9.78 Å². The molecule has 0 atom stereocenters. The van der Waals surface area contributed by atoms with Crippen molar-refractivity contribution < 1.29 is 36.9 Å². The van der Waals surface area contributed by atoms with Crippen LogP contribution >= 0.6 is 23.2 Å². The summed E-state index contributed by atoms with van der Waals surface area (Å²) in [5, 5.41) is 44.7. The Labute approximate surface area is 361 Å². The zero-order valence-corrected chi connectivity index (χ0v) is 35.3. The Hall–Kier alpha value is -6.40. The van der Waals surface area contributed by atoms with Crippen molar-refractivity contribution in [1.82, 2.24) is 33.6 Å². The number of H-pyrrole nitrogens is 1. The summed E-state index contributed by atoms with van der Waals surface area (Å²) in [7, 11) is 2.53. The standard InChI is InChI=1S/C20H16Cl2N6O2.C19H21N5O5.Cu/c1-11-17(19(29)27(25-11)14-6-4-3-5-7-14)23-24-18-12(2)26-28(20(18)30)16-10-13(21)8-9-15(16)22;1-5-10(6-2)24-15(25)11-8-7-9-12(13(11)16(24)26)20-21-14-17(27)22(3)19(29)23(4)18(14)28;/h3-10,25,30H,1-2H3;7-10,27H,5-6H2,1-4H3;. The topological polar surface area (TPSA) is 227 Å². The molecule has 0 saturated heterocycles. The third-order valence-corrected chi connectivity index (χ3v) is 10.1. The van der Waals surface area contributed by atoms with Gasteiger partial charge in [0.25, 0.3) is 22.9 Å². The second-order valence-corrected chi connectivity index (χ2v) is 14.1. The monoisotopic (exact) mass is 904 g/mol. The van der Waals surface area contributed by atoms with Gasteiger partial charge in [0, 0.05) is 42.2 Å². The van der Waals surface area contributed by atoms with E-state index in [1.54, 1.807) is 56.3 Å². The molecule has 60 heavy (non-hydrogen) atoms. The number of amides is 2. The molecule has 18 nitrogen and oxygen atoms in total. The van der Waals surface area contributed by atoms with E-state index in [4.69, 9.17) is 23.2 Å². The minimum absolute atomic E-state index is 0. The van der Waals surface area contributed by atoms with Crippen LogP contribution in [-0.4, -0.2) is 61.7 Å². The molecule has 1 aliphatic heterocycles. The Morgan fingerprint density at radius 1 is 0.750 bits per heavy atom. The fraction of sp³-hybridized carbons (Fsp3) is 0.231. The van der Waals surface area contributed by atoms with E-state index in [9.17, 15) is 34.2 Å². The molecule has 0 bridgehead atoms. The smallest absolute Gasteiger partial charge is 0.333 e. The average Bonchev–Trinajstić information content (AvgIpc) is 3.79. The number of aromatic hydroxyl groups is 2. The minimum Gasteiger partial charge on any atom is -0.493 e. The summed E-state index contributed by atoms with van der Waals surface area (Å²) >= 11 is 12.2. The second kappa shape index (κ2) is 18.3. The fourth-order valence-electron chi connectivity index (χ4n) is 6.32. The van der Waals surface area contributed by atoms with Crippen molar-refractivity contribution in [2.75, 3.05) is 0 Å². The molecule has 0 saturated carbocycles. The van der Waals surface area contributed by atoms with Crippen LogP contribution in [-0.2, 0) is 31.2 Å². The van der Waals surface area contributed by atoms with Crippen LogP contribution < -0.4 is 16.8 Å². The van der Waals surface area contributed by atoms with Crippen molar-refractivity contribution in [2.45, 2.75) is 46.6 Å². The summed E-state index contributed by atoms with van der Waals surface area (Å²) in [5.41, 5.74) is 0.351. The molecule has 315 valence electrons. The van der Waals surface area contributed by atoms with E-state index in [1.807, 2.05) is 32.0 Å². The molecule has 1 radical (unpaired) electrons. The summed E-state index contributed by atoms with van der Waals surface area (Å²) in [6.45, 7) is 7.18. The van der Waals surface area contributed by atoms with E-state index in [0.717, 1.165) is 9.13 Å². The molecule has 4 heterocycles. The first kappa shape index (κ1) is 44.7. The number of carbonyl (C=O) groups excluding carboxylic acids is 2. The largest absolute Gasteiger partial charge is 0.493 e. The molecule has 2 amide bonds. The normalized spacial score (nSPS) is 12.4. The Morgan fingerprint density at radius 2 is 1.40 bits per heavy atom. The average molecular weight is 906 g/mol. The number of aryl methyl sites for hydroxylation is 2. The van der Waals surface area contributed by atoms with Gasteiger partial charge in [-0.05, 0) is 69.2 Å². The Balaban J connectivity index is 0.000000224. The van der Waals surface area contributed by atoms with Gasteiger partial charge in [-0.15, -0.1) is 20.5 Å². The van der Waals surface area contributed by atoms with Gasteiger partial charge >= 0.3 is 5.69 Å². The molecule has 3 aromatic heterocycles. The van der Waals surface area contributed by atoms with Crippen LogP contribution in [0.2, 0.25) is 10.0 Å². The van der Waals surface area contributed by atoms with Crippen molar-refractivity contribution >= 4 is 57.8 Å². The van der Waals surface area contributed by atoms with E-state index >= 15 is 0 Å². The van der Waals surface area contributed by atoms with Crippen molar-refractivity contribution in [1.29, 1.82) is 0 Å². The molecule has 0 aliphatic carbocycles. The summed E-state index contributed by atoms with van der Waals surface area (Å²) in [6, 6.07) is 18.3. The summed E-state index contributed by atoms with van der Waals surface area (Å²) in [5.74, 6) is -1.77. The Bertz CT molecular complexity index is 2880. The SMILES string of the molecule is CCC(CC)N1C(=O)c2cccc(N=Nc3c(O)n(C)c(=O)n(C)c3=O)c2C1=O.Cc1nn(-c2cc(Cl)ccc2Cl)c(O)c1N=Nc1c(C)[nH]n(-c2ccccc2)c1=O.[Cu]. The van der Waals surface area contributed by atoms with Crippen molar-refractivity contribution in [2.24, 2.45) is 34.6 Å². The number of para-hydroxylation sites is 1. The predicted molar refractivity (Wildman–Crippen MR) is 219 cm³/mol. The summed E-state index contributed by atoms with van der Waals surface area (Å²) in [6.07, 6.45) is 1.25. The molecule has 1 aliphatic rings. The molecule has 0 fully saturated rings. The van der Waals surface area contributed by atoms with Crippen LogP contribution in [0, 0.1) is 13.8 Å². The number of aromatic amines is 1. The maximum atomic E-state index is 12.9. The Kier molecular flexibility index (Phi) is 13.6. The van der Waals surface area contributed by atoms with E-state index in [0.29, 0.717) is 45.6 Å². The molecule has 0 spiro atoms. The van der Waals surface area contributed by atoms with E-state index in [1.165, 1.54) is 34.4 Å². The number of nitrogens with one attached hydrogen (secondary N) is 1. The zero-order valence-electron chi connectivity index (χ0n) is 32.8. The van der Waals surface area contributed by atoms with Gasteiger partial charge in [0.15, 0.2) is 11.4 Å². The first-order valence-corrected chi connectivity index (χ1v) is 18.8. The second-order valence-electron chi connectivity index (χ2n) is 13.3. The predicted octanol–water partition coefficient (Wildman–Crippen LogP) is 7.38. The number of benzene rings is 3. The number of fused-ring (bicyclic) bond motifs is 1. The molecule has 21 heteroatoms. The molecule has 0 unspecified atom stereocenters. The van der Waals surface area contributed by atoms with Crippen molar-refractivity contribution in [3.63, 3.8) is 0 Å². The van der Waals surface area contributed by atoms with Crippen LogP contribution in [0.5, 0.6) is 11.8 Å². The quantitative estimate of drug-likeness (QED) is 0.0752. The first-order valence-electron chi connectivity index (χ1n) is 18.0. The number of hydrogen-bond acceptors (Lipinski definition) is 12. The summed E-state index contributed by atoms with van der Waals surface area (Å²) < 4.78 is 4.25. The maximum absolute atomic E-state index is 12.9. The zero-order chi connectivity index (χ0) is 42.9. The number of rotatable bonds is 9. The minimum atomic E-state index is -0.831. The number of imide groups is 1. The van der Waals surface area contributed by atoms with E-state index in [2.05, 4.69) is 30.7 Å². The third kappa shape index (κ3) is 8.24. The number of aromatic nitrogens is 6. The fourth-order valence-corrected chi connectivity index (χ4v) is 6.68. The number of carbonyl (C=O) groups is 2. The van der Waals surface area contributed by atoms with Crippen LogP contribution in [0.1, 0.15) is 58.8 Å². The summed E-state index contributed by atoms with van der Waals surface area (Å²) in [4.78, 5) is 63.7. The Morgan fingerprint density at radius 3 is 2.07 bits per heavy atom. The third-order valence-electron chi connectivity index (χ3n) is 9.55. The van der Waals surface area contributed by atoms with Gasteiger partial charge in [-0.1, -0.05) is 61.3 Å². The molecular weight excluding hydrogens is 869 g/mol. The molecule has 6 aromatic rings. The van der Waals surface area contributed by atoms with Crippen LogP contribution in [0.15, 0.2) is 102 Å². The number of azo groups is 2. The van der Waals surface area contributed by atoms with Gasteiger partial charge in [0.05, 0.1) is 44.6 Å². The van der Waals surface area contributed by atoms with Gasteiger partial charge in [0.2, 0.25) is 17.4 Å². The van der Waals surface area contributed by atoms with Crippen LogP contribution in [0.25, 0.3) is 11.4 Å².